The van der Waals surface area contributed by atoms with Crippen LogP contribution in [0.1, 0.15) is 36.0 Å². The van der Waals surface area contributed by atoms with E-state index in [1.807, 2.05) is 26.8 Å². The summed E-state index contributed by atoms with van der Waals surface area (Å²) in [5.41, 5.74) is 1.54. The lowest BCUT2D eigenvalue weighted by Gasteiger charge is -2.15. The molecule has 0 amide bonds. The number of allylic oxidation sites excluding steroid dienone is 2. The van der Waals surface area contributed by atoms with Gasteiger partial charge in [0, 0.05) is 46.3 Å². The van der Waals surface area contributed by atoms with Gasteiger partial charge in [-0.15, -0.1) is 11.3 Å². The van der Waals surface area contributed by atoms with Gasteiger partial charge >= 0.3 is 0 Å². The molecule has 0 aliphatic heterocycles. The summed E-state index contributed by atoms with van der Waals surface area (Å²) in [5, 5.41) is 0.728. The minimum absolute atomic E-state index is 0.124. The summed E-state index contributed by atoms with van der Waals surface area (Å²) in [4.78, 5) is 34.5. The largest absolute Gasteiger partial charge is 0.471 e. The van der Waals surface area contributed by atoms with Crippen LogP contribution in [0.25, 0.3) is 21.2 Å². The van der Waals surface area contributed by atoms with Crippen LogP contribution < -0.4 is 10.3 Å². The third-order valence-electron chi connectivity index (χ3n) is 5.09. The van der Waals surface area contributed by atoms with Crippen LogP contribution in [0.15, 0.2) is 78.5 Å². The molecule has 41 heavy (non-hydrogen) atoms. The Morgan fingerprint density at radius 2 is 1.63 bits per heavy atom. The van der Waals surface area contributed by atoms with Gasteiger partial charge in [0.1, 0.15) is 22.1 Å². The standard InChI is InChI=1S/C23H17F2NO3S.C4H5F.C2H4O2.C2H6/c1-12-8-17-18(11-26(3)23(28)22(17)30-12)16-9-14(13(2)27)4-6-20(16)29-21-7-5-15(24)10-19(21)25;1-3-4(2)5;1-4-2-3;1-2/h4-11H,1-3H3;3H,1-2H2;2H,1H3;1-2H3. The molecule has 2 aromatic heterocycles. The summed E-state index contributed by atoms with van der Waals surface area (Å²) >= 11 is 1.38. The number of methoxy groups -OCH3 is 1. The molecule has 0 atom stereocenters. The summed E-state index contributed by atoms with van der Waals surface area (Å²) < 4.78 is 50.3. The van der Waals surface area contributed by atoms with Crippen molar-refractivity contribution < 1.29 is 32.2 Å². The molecule has 0 unspecified atom stereocenters. The number of carbonyl (C=O) groups excluding carboxylic acids is 2. The Bertz CT molecular complexity index is 1590. The molecule has 0 aliphatic carbocycles. The number of rotatable bonds is 6. The molecule has 0 saturated carbocycles. The molecule has 0 bridgehead atoms. The quantitative estimate of drug-likeness (QED) is 0.129. The Morgan fingerprint density at radius 3 is 2.15 bits per heavy atom. The number of ketones is 1. The van der Waals surface area contributed by atoms with E-state index < -0.39 is 17.5 Å². The molecule has 4 aromatic rings. The van der Waals surface area contributed by atoms with Gasteiger partial charge in [-0.2, -0.15) is 0 Å². The second kappa shape index (κ2) is 16.6. The number of aromatic nitrogens is 1. The molecule has 10 heteroatoms. The van der Waals surface area contributed by atoms with Crippen LogP contribution in [0, 0.1) is 18.6 Å². The maximum atomic E-state index is 14.2. The third kappa shape index (κ3) is 9.61. The molecular weight excluding hydrogens is 555 g/mol. The second-order valence-electron chi connectivity index (χ2n) is 7.99. The normalized spacial score (nSPS) is 9.59. The van der Waals surface area contributed by atoms with Crippen molar-refractivity contribution in [1.82, 2.24) is 4.57 Å². The van der Waals surface area contributed by atoms with E-state index in [1.54, 1.807) is 31.4 Å². The smallest absolute Gasteiger partial charge is 0.292 e. The van der Waals surface area contributed by atoms with Crippen LogP contribution in [0.5, 0.6) is 11.5 Å². The van der Waals surface area contributed by atoms with Crippen molar-refractivity contribution >= 4 is 33.7 Å². The zero-order valence-corrected chi connectivity index (χ0v) is 24.5. The molecule has 0 spiro atoms. The fourth-order valence-electron chi connectivity index (χ4n) is 3.29. The van der Waals surface area contributed by atoms with Crippen LogP contribution in [-0.2, 0) is 16.6 Å². The Balaban J connectivity index is 0.000000660. The van der Waals surface area contributed by atoms with Gasteiger partial charge in [0.25, 0.3) is 12.0 Å². The number of nitrogens with zero attached hydrogens (tertiary/aromatic N) is 1. The zero-order valence-electron chi connectivity index (χ0n) is 23.7. The fraction of sp³-hybridized carbons (Fsp3) is 0.194. The lowest BCUT2D eigenvalue weighted by Crippen LogP contribution is -2.15. The van der Waals surface area contributed by atoms with E-state index in [-0.39, 0.29) is 22.8 Å². The number of hydrogen-bond donors (Lipinski definition) is 0. The van der Waals surface area contributed by atoms with Crippen LogP contribution in [0.2, 0.25) is 0 Å². The van der Waals surface area contributed by atoms with Crippen LogP contribution in [0.4, 0.5) is 13.2 Å². The number of pyridine rings is 1. The molecule has 218 valence electrons. The lowest BCUT2D eigenvalue weighted by molar-refractivity contribution is -0.126. The number of Topliss-reactive ketones (excluding diaryl/α,β-unsaturated/α-hetero) is 1. The van der Waals surface area contributed by atoms with Crippen molar-refractivity contribution in [3.8, 4) is 22.6 Å². The summed E-state index contributed by atoms with van der Waals surface area (Å²) in [6.45, 7) is 13.7. The number of thiophene rings is 1. The first-order valence-electron chi connectivity index (χ1n) is 12.2. The van der Waals surface area contributed by atoms with E-state index in [0.29, 0.717) is 27.9 Å². The lowest BCUT2D eigenvalue weighted by atomic mass is 9.99. The van der Waals surface area contributed by atoms with Crippen molar-refractivity contribution in [2.45, 2.75) is 27.7 Å². The summed E-state index contributed by atoms with van der Waals surface area (Å²) in [6.07, 6.45) is 2.73. The Kier molecular flexibility index (Phi) is 14.0. The molecule has 4 rings (SSSR count). The predicted molar refractivity (Wildman–Crippen MR) is 159 cm³/mol. The molecule has 2 heterocycles. The first-order valence-corrected chi connectivity index (χ1v) is 13.1. The fourth-order valence-corrected chi connectivity index (χ4v) is 4.30. The van der Waals surface area contributed by atoms with Crippen molar-refractivity contribution in [3.05, 3.63) is 106 Å². The van der Waals surface area contributed by atoms with Gasteiger partial charge in [0.05, 0.1) is 7.11 Å². The van der Waals surface area contributed by atoms with Gasteiger partial charge in [-0.1, -0.05) is 27.0 Å². The van der Waals surface area contributed by atoms with Gasteiger partial charge < -0.3 is 14.0 Å². The summed E-state index contributed by atoms with van der Waals surface area (Å²) in [7, 11) is 2.96. The van der Waals surface area contributed by atoms with Crippen LogP contribution in [-0.4, -0.2) is 23.9 Å². The molecular formula is C31H32F3NO5S. The number of aryl methyl sites for hydroxylation is 2. The van der Waals surface area contributed by atoms with Crippen molar-refractivity contribution in [2.24, 2.45) is 7.05 Å². The average Bonchev–Trinajstić information content (AvgIpc) is 3.35. The molecule has 0 N–H and O–H groups in total. The number of halogens is 3. The maximum Gasteiger partial charge on any atom is 0.292 e. The van der Waals surface area contributed by atoms with Gasteiger partial charge in [-0.25, -0.2) is 13.2 Å². The summed E-state index contributed by atoms with van der Waals surface area (Å²) in [6, 6.07) is 9.77. The number of benzene rings is 2. The van der Waals surface area contributed by atoms with E-state index in [9.17, 15) is 22.8 Å². The molecule has 0 aliphatic rings. The molecule has 0 fully saturated rings. The average molecular weight is 588 g/mol. The van der Waals surface area contributed by atoms with Gasteiger partial charge in [-0.3, -0.25) is 14.4 Å². The van der Waals surface area contributed by atoms with Crippen LogP contribution >= 0.6 is 11.3 Å². The van der Waals surface area contributed by atoms with Gasteiger partial charge in [0.15, 0.2) is 17.3 Å². The number of hydrogen-bond acceptors (Lipinski definition) is 6. The van der Waals surface area contributed by atoms with Crippen molar-refractivity contribution in [1.29, 1.82) is 0 Å². The summed E-state index contributed by atoms with van der Waals surface area (Å²) in [5.74, 6) is -2.03. The molecule has 0 radical (unpaired) electrons. The van der Waals surface area contributed by atoms with E-state index in [0.717, 1.165) is 28.5 Å². The van der Waals surface area contributed by atoms with E-state index in [2.05, 4.69) is 17.9 Å². The van der Waals surface area contributed by atoms with Gasteiger partial charge in [-0.05, 0) is 56.3 Å². The maximum absolute atomic E-state index is 14.2. The highest BCUT2D eigenvalue weighted by atomic mass is 32.1. The first kappa shape index (κ1) is 34.6. The monoisotopic (exact) mass is 587 g/mol. The minimum atomic E-state index is -0.839. The van der Waals surface area contributed by atoms with E-state index >= 15 is 0 Å². The minimum Gasteiger partial charge on any atom is -0.471 e. The Labute approximate surface area is 241 Å². The Morgan fingerprint density at radius 1 is 1.05 bits per heavy atom. The van der Waals surface area contributed by atoms with E-state index in [1.165, 1.54) is 36.0 Å². The first-order chi connectivity index (χ1) is 19.4. The SMILES string of the molecule is C=CC(=C)F.CC.CC(=O)c1ccc(Oc2ccc(F)cc2F)c(-c2cn(C)c(=O)c3sc(C)cc23)c1.COC=O. The van der Waals surface area contributed by atoms with E-state index in [4.69, 9.17) is 9.53 Å². The van der Waals surface area contributed by atoms with Crippen molar-refractivity contribution in [3.63, 3.8) is 0 Å². The second-order valence-corrected chi connectivity index (χ2v) is 9.24. The number of ether oxygens (including phenoxy) is 2. The zero-order chi connectivity index (χ0) is 31.3. The topological polar surface area (TPSA) is 74.6 Å². The number of carbonyl (C=O) groups is 2. The molecule has 6 nitrogen and oxygen atoms in total. The molecule has 0 saturated heterocycles. The highest BCUT2D eigenvalue weighted by molar-refractivity contribution is 7.19. The highest BCUT2D eigenvalue weighted by Crippen LogP contribution is 2.39. The predicted octanol–water partition coefficient (Wildman–Crippen LogP) is 8.32. The number of fused-ring (bicyclic) bond motifs is 1. The highest BCUT2D eigenvalue weighted by Gasteiger charge is 2.18. The van der Waals surface area contributed by atoms with Gasteiger partial charge in [0.2, 0.25) is 0 Å². The van der Waals surface area contributed by atoms with Crippen LogP contribution in [0.3, 0.4) is 0 Å². The Hall–Kier alpha value is -4.44. The third-order valence-corrected chi connectivity index (χ3v) is 6.13. The molecule has 2 aromatic carbocycles. The van der Waals surface area contributed by atoms with Crippen molar-refractivity contribution in [2.75, 3.05) is 7.11 Å².